The summed E-state index contributed by atoms with van der Waals surface area (Å²) in [6.45, 7) is 7.65. The summed E-state index contributed by atoms with van der Waals surface area (Å²) < 4.78 is 29.8. The van der Waals surface area contributed by atoms with Crippen LogP contribution >= 0.6 is 0 Å². The van der Waals surface area contributed by atoms with Crippen molar-refractivity contribution < 1.29 is 23.4 Å². The lowest BCUT2D eigenvalue weighted by molar-refractivity contribution is -0.137. The number of unbranched alkanes of at least 4 members (excludes halogenated alkanes) is 5. The van der Waals surface area contributed by atoms with E-state index in [0.717, 1.165) is 88.7 Å². The van der Waals surface area contributed by atoms with Gasteiger partial charge in [-0.2, -0.15) is 0 Å². The molecule has 5 heteroatoms. The number of halogens is 1. The van der Waals surface area contributed by atoms with Gasteiger partial charge in [0.05, 0.1) is 19.3 Å². The third kappa shape index (κ3) is 10.9. The minimum atomic E-state index is -0.348. The molecule has 3 aromatic carbocycles. The molecule has 0 unspecified atom stereocenters. The fraction of sp³-hybridized carbons (Fsp3) is 0.439. The summed E-state index contributed by atoms with van der Waals surface area (Å²) in [7, 11) is 0. The molecule has 3 aromatic rings. The van der Waals surface area contributed by atoms with Gasteiger partial charge in [-0.05, 0) is 128 Å². The molecule has 244 valence electrons. The van der Waals surface area contributed by atoms with Crippen LogP contribution in [0.2, 0.25) is 0 Å². The van der Waals surface area contributed by atoms with Gasteiger partial charge >= 0.3 is 5.97 Å². The van der Waals surface area contributed by atoms with Crippen molar-refractivity contribution in [2.75, 3.05) is 19.8 Å². The van der Waals surface area contributed by atoms with Crippen molar-refractivity contribution in [1.29, 1.82) is 0 Å². The number of rotatable bonds is 15. The Morgan fingerprint density at radius 2 is 1.54 bits per heavy atom. The zero-order valence-corrected chi connectivity index (χ0v) is 27.4. The molecular formula is C41H49FO4. The van der Waals surface area contributed by atoms with Crippen LogP contribution in [-0.2, 0) is 20.7 Å². The van der Waals surface area contributed by atoms with E-state index in [1.54, 1.807) is 12.1 Å². The summed E-state index contributed by atoms with van der Waals surface area (Å²) in [6.07, 6.45) is 20.0. The lowest BCUT2D eigenvalue weighted by Crippen LogP contribution is -2.21. The molecule has 0 heterocycles. The fourth-order valence-electron chi connectivity index (χ4n) is 6.25. The normalized spacial score (nSPS) is 16.3. The van der Waals surface area contributed by atoms with Crippen molar-refractivity contribution in [3.8, 4) is 29.2 Å². The lowest BCUT2D eigenvalue weighted by atomic mass is 9.83. The first-order chi connectivity index (χ1) is 22.5. The van der Waals surface area contributed by atoms with E-state index in [1.807, 2.05) is 18.2 Å². The summed E-state index contributed by atoms with van der Waals surface area (Å²) in [5, 5.41) is 0. The highest BCUT2D eigenvalue weighted by atomic mass is 19.1. The Bertz CT molecular complexity index is 1430. The third-order valence-corrected chi connectivity index (χ3v) is 8.86. The van der Waals surface area contributed by atoms with Crippen LogP contribution in [0.5, 0.6) is 5.75 Å². The molecular weight excluding hydrogens is 575 g/mol. The molecule has 1 saturated carbocycles. The molecule has 0 aromatic heterocycles. The van der Waals surface area contributed by atoms with Crippen LogP contribution < -0.4 is 4.74 Å². The lowest BCUT2D eigenvalue weighted by Gasteiger charge is -2.29. The fourth-order valence-corrected chi connectivity index (χ4v) is 6.25. The number of hydrogen-bond acceptors (Lipinski definition) is 4. The Kier molecular flexibility index (Phi) is 14.4. The first kappa shape index (κ1) is 35.0. The highest BCUT2D eigenvalue weighted by Gasteiger charge is 2.23. The number of terminal acetylenes is 1. The van der Waals surface area contributed by atoms with Gasteiger partial charge in [0.1, 0.15) is 11.6 Å². The molecule has 0 amide bonds. The zero-order valence-electron chi connectivity index (χ0n) is 27.4. The molecule has 1 fully saturated rings. The van der Waals surface area contributed by atoms with E-state index in [-0.39, 0.29) is 11.8 Å². The Balaban J connectivity index is 0.000000211. The number of carbonyl (C=O) groups is 1. The second kappa shape index (κ2) is 18.9. The van der Waals surface area contributed by atoms with E-state index in [9.17, 15) is 9.18 Å². The van der Waals surface area contributed by atoms with E-state index >= 15 is 0 Å². The summed E-state index contributed by atoms with van der Waals surface area (Å²) in [5.74, 6) is 3.72. The predicted octanol–water partition coefficient (Wildman–Crippen LogP) is 9.97. The van der Waals surface area contributed by atoms with Gasteiger partial charge in [0.2, 0.25) is 0 Å². The second-order valence-electron chi connectivity index (χ2n) is 12.2. The Labute approximate surface area is 275 Å². The van der Waals surface area contributed by atoms with Gasteiger partial charge in [-0.3, -0.25) is 0 Å². The average Bonchev–Trinajstić information content (AvgIpc) is 3.45. The minimum absolute atomic E-state index is 0.167. The maximum Gasteiger partial charge on any atom is 0.330 e. The Morgan fingerprint density at radius 1 is 0.870 bits per heavy atom. The van der Waals surface area contributed by atoms with Gasteiger partial charge in [-0.25, -0.2) is 9.18 Å². The smallest absolute Gasteiger partial charge is 0.330 e. The Hall–Kier alpha value is -3.88. The van der Waals surface area contributed by atoms with Crippen LogP contribution in [-0.4, -0.2) is 31.9 Å². The molecule has 0 bridgehead atoms. The standard InChI is InChI=1S/C21H29FO3.C20H20O/c1-2-21(23)25-16-6-4-3-5-15-24-20-13-9-18(10-14-20)17-7-11-19(22)12-8-17;1-3-5-6-11-21-18-8-10-20-17(14-18)13-16-12-15(4-2)7-9-19(16)20/h2,7-8,11-12,18,20H,1,3-6,9-10,13-16H2;2,7-10,12,14H,3,5-6,11,13H2,1H3. The second-order valence-corrected chi connectivity index (χ2v) is 12.2. The number of ether oxygens (including phenoxy) is 3. The minimum Gasteiger partial charge on any atom is -0.494 e. The predicted molar refractivity (Wildman–Crippen MR) is 185 cm³/mol. The van der Waals surface area contributed by atoms with Crippen molar-refractivity contribution in [3.05, 3.63) is 101 Å². The number of esters is 1. The van der Waals surface area contributed by atoms with Gasteiger partial charge in [-0.1, -0.05) is 63.0 Å². The highest BCUT2D eigenvalue weighted by Crippen LogP contribution is 2.39. The van der Waals surface area contributed by atoms with E-state index in [2.05, 4.69) is 49.8 Å². The SMILES string of the molecule is C#Cc1ccc2c(c1)Cc1cc(OCCCCC)ccc1-2.C=CC(=O)OCCCCCCOC1CCC(c2ccc(F)cc2)CC1. The molecule has 46 heavy (non-hydrogen) atoms. The van der Waals surface area contributed by atoms with Gasteiger partial charge in [-0.15, -0.1) is 6.42 Å². The van der Waals surface area contributed by atoms with Crippen LogP contribution in [0.1, 0.15) is 106 Å². The molecule has 0 radical (unpaired) electrons. The summed E-state index contributed by atoms with van der Waals surface area (Å²) in [5.41, 5.74) is 7.49. The average molecular weight is 625 g/mol. The van der Waals surface area contributed by atoms with Crippen LogP contribution in [0.25, 0.3) is 11.1 Å². The Morgan fingerprint density at radius 3 is 2.24 bits per heavy atom. The quantitative estimate of drug-likeness (QED) is 0.0572. The number of benzene rings is 3. The largest absolute Gasteiger partial charge is 0.494 e. The van der Waals surface area contributed by atoms with Crippen LogP contribution in [0.4, 0.5) is 4.39 Å². The first-order valence-electron chi connectivity index (χ1n) is 17.0. The molecule has 0 aliphatic heterocycles. The molecule has 4 nitrogen and oxygen atoms in total. The molecule has 0 spiro atoms. The van der Waals surface area contributed by atoms with Crippen molar-refractivity contribution in [1.82, 2.24) is 0 Å². The van der Waals surface area contributed by atoms with Crippen LogP contribution in [0.3, 0.4) is 0 Å². The molecule has 0 N–H and O–H groups in total. The van der Waals surface area contributed by atoms with Gasteiger partial charge < -0.3 is 14.2 Å². The molecule has 2 aliphatic rings. The van der Waals surface area contributed by atoms with E-state index in [0.29, 0.717) is 18.6 Å². The monoisotopic (exact) mass is 624 g/mol. The maximum atomic E-state index is 13.0. The summed E-state index contributed by atoms with van der Waals surface area (Å²) in [6, 6.07) is 19.6. The van der Waals surface area contributed by atoms with E-state index < -0.39 is 0 Å². The first-order valence-corrected chi connectivity index (χ1v) is 17.0. The summed E-state index contributed by atoms with van der Waals surface area (Å²) >= 11 is 0. The third-order valence-electron chi connectivity index (χ3n) is 8.86. The van der Waals surface area contributed by atoms with Crippen molar-refractivity contribution in [3.63, 3.8) is 0 Å². The van der Waals surface area contributed by atoms with Crippen LogP contribution in [0.15, 0.2) is 73.3 Å². The molecule has 0 atom stereocenters. The van der Waals surface area contributed by atoms with E-state index in [4.69, 9.17) is 20.6 Å². The zero-order chi connectivity index (χ0) is 32.6. The van der Waals surface area contributed by atoms with Crippen molar-refractivity contribution in [2.24, 2.45) is 0 Å². The van der Waals surface area contributed by atoms with Gasteiger partial charge in [0.15, 0.2) is 0 Å². The molecule has 2 aliphatic carbocycles. The molecule has 5 rings (SSSR count). The molecule has 0 saturated heterocycles. The van der Waals surface area contributed by atoms with Crippen molar-refractivity contribution >= 4 is 5.97 Å². The number of carbonyl (C=O) groups excluding carboxylic acids is 1. The topological polar surface area (TPSA) is 44.8 Å². The highest BCUT2D eigenvalue weighted by molar-refractivity contribution is 5.81. The van der Waals surface area contributed by atoms with Gasteiger partial charge in [0, 0.05) is 18.2 Å². The maximum absolute atomic E-state index is 13.0. The summed E-state index contributed by atoms with van der Waals surface area (Å²) in [4.78, 5) is 10.9. The number of fused-ring (bicyclic) bond motifs is 3. The van der Waals surface area contributed by atoms with Crippen LogP contribution in [0, 0.1) is 18.2 Å². The van der Waals surface area contributed by atoms with Gasteiger partial charge in [0.25, 0.3) is 0 Å². The number of hydrogen-bond donors (Lipinski definition) is 0. The van der Waals surface area contributed by atoms with Crippen molar-refractivity contribution in [2.45, 2.75) is 96.0 Å². The van der Waals surface area contributed by atoms with E-state index in [1.165, 1.54) is 46.7 Å².